The minimum atomic E-state index is -0.709. The van der Waals surface area contributed by atoms with E-state index in [9.17, 15) is 4.79 Å². The van der Waals surface area contributed by atoms with Gasteiger partial charge in [0.15, 0.2) is 5.43 Å². The van der Waals surface area contributed by atoms with Crippen molar-refractivity contribution in [2.24, 2.45) is 0 Å². The molecule has 0 fully saturated rings. The predicted octanol–water partition coefficient (Wildman–Crippen LogP) is 5.50. The molecule has 2 aromatic carbocycles. The third-order valence-electron chi connectivity index (χ3n) is 6.59. The third-order valence-corrected chi connectivity index (χ3v) is 7.75. The van der Waals surface area contributed by atoms with Gasteiger partial charge in [0.2, 0.25) is 0 Å². The van der Waals surface area contributed by atoms with Crippen LogP contribution in [0.1, 0.15) is 35.1 Å². The van der Waals surface area contributed by atoms with E-state index in [1.807, 2.05) is 30.3 Å². The van der Waals surface area contributed by atoms with Crippen molar-refractivity contribution < 1.29 is 4.74 Å². The van der Waals surface area contributed by atoms with Crippen molar-refractivity contribution in [3.05, 3.63) is 93.3 Å². The molecule has 5 heteroatoms. The van der Waals surface area contributed by atoms with E-state index < -0.39 is 5.60 Å². The van der Waals surface area contributed by atoms with E-state index in [4.69, 9.17) is 4.74 Å². The third kappa shape index (κ3) is 2.50. The molecule has 0 unspecified atom stereocenters. The Hall–Kier alpha value is -3.05. The lowest BCUT2D eigenvalue weighted by molar-refractivity contribution is 0.0858. The molecular weight excluding hydrogens is 404 g/mol. The molecule has 0 radical (unpaired) electrons. The zero-order valence-corrected chi connectivity index (χ0v) is 18.5. The highest BCUT2D eigenvalue weighted by Gasteiger charge is 2.52. The molecule has 4 aromatic rings. The predicted molar refractivity (Wildman–Crippen MR) is 125 cm³/mol. The van der Waals surface area contributed by atoms with Gasteiger partial charge >= 0.3 is 0 Å². The number of para-hydroxylation sites is 1. The quantitative estimate of drug-likeness (QED) is 0.403. The average Bonchev–Trinajstić information content (AvgIpc) is 3.07. The Morgan fingerprint density at radius 3 is 2.74 bits per heavy atom. The standard InChI is InChI=1S/C26H22N2O2S/c1-15-12-16(2)23-19(13-15)20-14-31-25-21(26(20,3)30-23)22(29)18-10-7-11-27-24(18)28(25)17-8-5-4-6-9-17/h4-13,20H,14H2,1-3H3/t20-,26+/m0/s1. The van der Waals surface area contributed by atoms with Gasteiger partial charge < -0.3 is 4.74 Å². The second kappa shape index (κ2) is 6.47. The van der Waals surface area contributed by atoms with Crippen LogP contribution in [0, 0.1) is 13.8 Å². The van der Waals surface area contributed by atoms with Crippen LogP contribution in [-0.2, 0) is 5.60 Å². The van der Waals surface area contributed by atoms with Gasteiger partial charge in [0.25, 0.3) is 0 Å². The molecule has 2 aliphatic heterocycles. The monoisotopic (exact) mass is 426 g/mol. The van der Waals surface area contributed by atoms with Crippen LogP contribution in [0.3, 0.4) is 0 Å². The lowest BCUT2D eigenvalue weighted by Gasteiger charge is -2.37. The lowest BCUT2D eigenvalue weighted by atomic mass is 9.80. The second-order valence-corrected chi connectivity index (χ2v) is 9.64. The number of rotatable bonds is 1. The molecule has 6 rings (SSSR count). The zero-order valence-electron chi connectivity index (χ0n) is 17.7. The molecule has 0 spiro atoms. The Morgan fingerprint density at radius 1 is 1.13 bits per heavy atom. The maximum absolute atomic E-state index is 13.9. The maximum Gasteiger partial charge on any atom is 0.199 e. The van der Waals surface area contributed by atoms with Crippen LogP contribution in [0.5, 0.6) is 5.75 Å². The molecular formula is C26H22N2O2S. The molecule has 0 N–H and O–H groups in total. The molecule has 2 atom stereocenters. The van der Waals surface area contributed by atoms with Crippen LogP contribution < -0.4 is 10.2 Å². The topological polar surface area (TPSA) is 44.1 Å². The number of pyridine rings is 2. The van der Waals surface area contributed by atoms with Gasteiger partial charge in [0, 0.05) is 29.1 Å². The molecule has 0 aliphatic carbocycles. The number of aryl methyl sites for hydroxylation is 2. The SMILES string of the molecule is Cc1cc(C)c2c(c1)[C@@H]1CSc3c(c(=O)c4cccnc4n3-c3ccccc3)[C@]1(C)O2. The highest BCUT2D eigenvalue weighted by Crippen LogP contribution is 2.57. The lowest BCUT2D eigenvalue weighted by Crippen LogP contribution is -2.42. The van der Waals surface area contributed by atoms with Gasteiger partial charge in [-0.25, -0.2) is 4.98 Å². The summed E-state index contributed by atoms with van der Waals surface area (Å²) in [5, 5.41) is 1.56. The number of hydrogen-bond acceptors (Lipinski definition) is 4. The Morgan fingerprint density at radius 2 is 1.94 bits per heavy atom. The van der Waals surface area contributed by atoms with Crippen LogP contribution in [0.4, 0.5) is 0 Å². The second-order valence-electron chi connectivity index (χ2n) is 8.63. The van der Waals surface area contributed by atoms with Crippen molar-refractivity contribution in [2.45, 2.75) is 37.3 Å². The first-order valence-corrected chi connectivity index (χ1v) is 11.5. The van der Waals surface area contributed by atoms with Gasteiger partial charge in [0.05, 0.1) is 16.0 Å². The molecule has 0 saturated carbocycles. The van der Waals surface area contributed by atoms with E-state index in [0.717, 1.165) is 33.3 Å². The average molecular weight is 427 g/mol. The van der Waals surface area contributed by atoms with Gasteiger partial charge in [0.1, 0.15) is 17.0 Å². The van der Waals surface area contributed by atoms with Crippen molar-refractivity contribution in [1.82, 2.24) is 9.55 Å². The van der Waals surface area contributed by atoms with Crippen LogP contribution in [0.15, 0.2) is 70.6 Å². The van der Waals surface area contributed by atoms with E-state index in [1.54, 1.807) is 18.0 Å². The highest BCUT2D eigenvalue weighted by atomic mass is 32.2. The van der Waals surface area contributed by atoms with E-state index in [-0.39, 0.29) is 11.3 Å². The minimum absolute atomic E-state index is 0.0205. The van der Waals surface area contributed by atoms with E-state index in [0.29, 0.717) is 11.0 Å². The summed E-state index contributed by atoms with van der Waals surface area (Å²) in [6, 6.07) is 18.2. The Bertz CT molecular complexity index is 1430. The van der Waals surface area contributed by atoms with Crippen molar-refractivity contribution in [2.75, 3.05) is 5.75 Å². The van der Waals surface area contributed by atoms with Crippen molar-refractivity contribution in [1.29, 1.82) is 0 Å². The van der Waals surface area contributed by atoms with Gasteiger partial charge in [-0.1, -0.05) is 35.9 Å². The number of ether oxygens (including phenoxy) is 1. The summed E-state index contributed by atoms with van der Waals surface area (Å²) in [5.74, 6) is 1.91. The van der Waals surface area contributed by atoms with Crippen molar-refractivity contribution in [3.63, 3.8) is 0 Å². The Kier molecular flexibility index (Phi) is 3.90. The molecule has 31 heavy (non-hydrogen) atoms. The minimum Gasteiger partial charge on any atom is -0.481 e. The zero-order chi connectivity index (χ0) is 21.3. The van der Waals surface area contributed by atoms with Gasteiger partial charge in [-0.15, -0.1) is 11.8 Å². The molecule has 0 bridgehead atoms. The van der Waals surface area contributed by atoms with E-state index in [1.165, 1.54) is 11.1 Å². The fourth-order valence-corrected chi connectivity index (χ4v) is 6.77. The van der Waals surface area contributed by atoms with Crippen LogP contribution in [0.25, 0.3) is 16.7 Å². The fourth-order valence-electron chi connectivity index (χ4n) is 5.18. The molecule has 0 amide bonds. The van der Waals surface area contributed by atoms with Gasteiger partial charge in [-0.3, -0.25) is 9.36 Å². The first kappa shape index (κ1) is 18.7. The van der Waals surface area contributed by atoms with E-state index in [2.05, 4.69) is 54.6 Å². The fraction of sp³-hybridized carbons (Fsp3) is 0.231. The van der Waals surface area contributed by atoms with Crippen molar-refractivity contribution >= 4 is 22.8 Å². The normalized spacial score (nSPS) is 21.3. The molecule has 154 valence electrons. The summed E-state index contributed by atoms with van der Waals surface area (Å²) >= 11 is 1.73. The van der Waals surface area contributed by atoms with Gasteiger partial charge in [-0.05, 0) is 50.6 Å². The molecule has 0 saturated heterocycles. The summed E-state index contributed by atoms with van der Waals surface area (Å²) in [7, 11) is 0. The van der Waals surface area contributed by atoms with Crippen LogP contribution >= 0.6 is 11.8 Å². The van der Waals surface area contributed by atoms with E-state index >= 15 is 0 Å². The highest BCUT2D eigenvalue weighted by molar-refractivity contribution is 7.99. The maximum atomic E-state index is 13.9. The van der Waals surface area contributed by atoms with Crippen LogP contribution in [-0.4, -0.2) is 15.3 Å². The summed E-state index contributed by atoms with van der Waals surface area (Å²) in [6.07, 6.45) is 1.75. The number of nitrogens with zero attached hydrogens (tertiary/aromatic N) is 2. The van der Waals surface area contributed by atoms with Crippen molar-refractivity contribution in [3.8, 4) is 11.4 Å². The number of fused-ring (bicyclic) bond motifs is 6. The summed E-state index contributed by atoms with van der Waals surface area (Å²) in [6.45, 7) is 6.30. The first-order valence-electron chi connectivity index (χ1n) is 10.5. The molecule has 4 heterocycles. The Balaban J connectivity index is 1.70. The summed E-state index contributed by atoms with van der Waals surface area (Å²) in [4.78, 5) is 18.5. The number of hydrogen-bond donors (Lipinski definition) is 0. The largest absolute Gasteiger partial charge is 0.481 e. The Labute approximate surface area is 184 Å². The molecule has 2 aromatic heterocycles. The first-order chi connectivity index (χ1) is 15.0. The van der Waals surface area contributed by atoms with Crippen LogP contribution in [0.2, 0.25) is 0 Å². The number of aromatic nitrogens is 2. The smallest absolute Gasteiger partial charge is 0.199 e. The van der Waals surface area contributed by atoms with Gasteiger partial charge in [-0.2, -0.15) is 0 Å². The molecule has 2 aliphatic rings. The summed E-state index contributed by atoms with van der Waals surface area (Å²) < 4.78 is 8.81. The number of benzene rings is 2. The number of thioether (sulfide) groups is 1. The molecule has 4 nitrogen and oxygen atoms in total. The summed E-state index contributed by atoms with van der Waals surface area (Å²) in [5.41, 5.74) is 5.31.